The van der Waals surface area contributed by atoms with Crippen molar-refractivity contribution in [2.24, 2.45) is 0 Å². The molecule has 0 aliphatic carbocycles. The number of Topliss-reactive ketones (excluding diaryl/α,β-unsaturated/α-hetero) is 2. The summed E-state index contributed by atoms with van der Waals surface area (Å²) in [5.41, 5.74) is 3.57. The summed E-state index contributed by atoms with van der Waals surface area (Å²) in [6.07, 6.45) is 0.256. The minimum absolute atomic E-state index is 0.00698. The van der Waals surface area contributed by atoms with Crippen LogP contribution < -0.4 is 5.32 Å². The fraction of sp³-hybridized carbons (Fsp3) is 0.333. The van der Waals surface area contributed by atoms with E-state index < -0.39 is 24.5 Å². The van der Waals surface area contributed by atoms with Crippen molar-refractivity contribution in [1.29, 1.82) is 0 Å². The Morgan fingerprint density at radius 3 is 2.27 bits per heavy atom. The van der Waals surface area contributed by atoms with E-state index in [4.69, 9.17) is 4.74 Å². The van der Waals surface area contributed by atoms with Crippen LogP contribution in [-0.4, -0.2) is 36.1 Å². The first kappa shape index (κ1) is 23.0. The zero-order valence-electron chi connectivity index (χ0n) is 17.6. The van der Waals surface area contributed by atoms with Crippen molar-refractivity contribution < 1.29 is 23.9 Å². The highest BCUT2D eigenvalue weighted by molar-refractivity contribution is 5.98. The van der Waals surface area contributed by atoms with E-state index in [9.17, 15) is 19.2 Å². The van der Waals surface area contributed by atoms with E-state index in [-0.39, 0.29) is 24.4 Å². The number of amides is 1. The number of ether oxygens (including phenoxy) is 1. The van der Waals surface area contributed by atoms with Gasteiger partial charge in [0.15, 0.2) is 18.2 Å². The average Bonchev–Trinajstić information content (AvgIpc) is 2.72. The lowest BCUT2D eigenvalue weighted by Crippen LogP contribution is -2.43. The summed E-state index contributed by atoms with van der Waals surface area (Å²) in [5.74, 6) is -1.53. The Morgan fingerprint density at radius 1 is 0.933 bits per heavy atom. The monoisotopic (exact) mass is 409 g/mol. The van der Waals surface area contributed by atoms with Crippen molar-refractivity contribution in [3.63, 3.8) is 0 Å². The SMILES string of the molecule is CC(=O)[C@H](Cc1ccccc1)NC(=O)COC(=O)CCC(=O)c1ccc(C)c(C)c1. The maximum absolute atomic E-state index is 12.2. The normalized spacial score (nSPS) is 11.4. The maximum atomic E-state index is 12.2. The molecule has 0 saturated carbocycles. The van der Waals surface area contributed by atoms with E-state index in [2.05, 4.69) is 5.32 Å². The van der Waals surface area contributed by atoms with Crippen LogP contribution in [0.25, 0.3) is 0 Å². The Hall–Kier alpha value is -3.28. The highest BCUT2D eigenvalue weighted by Gasteiger charge is 2.19. The van der Waals surface area contributed by atoms with Crippen LogP contribution in [0, 0.1) is 13.8 Å². The fourth-order valence-electron chi connectivity index (χ4n) is 2.88. The van der Waals surface area contributed by atoms with Crippen LogP contribution in [-0.2, 0) is 25.5 Å². The van der Waals surface area contributed by atoms with Crippen LogP contribution in [0.1, 0.15) is 46.8 Å². The van der Waals surface area contributed by atoms with Gasteiger partial charge in [0.1, 0.15) is 0 Å². The minimum atomic E-state index is -0.690. The molecule has 0 aliphatic heterocycles. The van der Waals surface area contributed by atoms with Crippen LogP contribution in [0.3, 0.4) is 0 Å². The number of carbonyl (C=O) groups excluding carboxylic acids is 4. The predicted molar refractivity (Wildman–Crippen MR) is 113 cm³/mol. The minimum Gasteiger partial charge on any atom is -0.456 e. The molecule has 6 heteroatoms. The molecule has 1 atom stereocenters. The molecule has 0 bridgehead atoms. The molecule has 0 aromatic heterocycles. The number of hydrogen-bond acceptors (Lipinski definition) is 5. The quantitative estimate of drug-likeness (QED) is 0.481. The number of benzene rings is 2. The van der Waals surface area contributed by atoms with Gasteiger partial charge in [-0.25, -0.2) is 0 Å². The second kappa shape index (κ2) is 11.0. The molecular formula is C24H27NO5. The number of rotatable bonds is 10. The van der Waals surface area contributed by atoms with Gasteiger partial charge >= 0.3 is 5.97 Å². The van der Waals surface area contributed by atoms with Crippen LogP contribution in [0.2, 0.25) is 0 Å². The van der Waals surface area contributed by atoms with Gasteiger partial charge in [0.2, 0.25) is 0 Å². The van der Waals surface area contributed by atoms with E-state index in [1.807, 2.05) is 50.2 Å². The number of esters is 1. The standard InChI is InChI=1S/C24H27NO5/c1-16-9-10-20(13-17(16)2)22(27)11-12-24(29)30-15-23(28)25-21(18(3)26)14-19-7-5-4-6-8-19/h4-10,13,21H,11-12,14-15H2,1-3H3,(H,25,28)/t21-/m0/s1. The zero-order chi connectivity index (χ0) is 22.1. The highest BCUT2D eigenvalue weighted by Crippen LogP contribution is 2.12. The summed E-state index contributed by atoms with van der Waals surface area (Å²) in [7, 11) is 0. The van der Waals surface area contributed by atoms with Gasteiger partial charge in [-0.2, -0.15) is 0 Å². The van der Waals surface area contributed by atoms with E-state index in [1.165, 1.54) is 6.92 Å². The molecule has 0 saturated heterocycles. The number of carbonyl (C=O) groups is 4. The third kappa shape index (κ3) is 7.28. The van der Waals surface area contributed by atoms with E-state index in [0.29, 0.717) is 12.0 Å². The molecule has 158 valence electrons. The molecule has 1 amide bonds. The Balaban J connectivity index is 1.77. The smallest absolute Gasteiger partial charge is 0.306 e. The summed E-state index contributed by atoms with van der Waals surface area (Å²) >= 11 is 0. The van der Waals surface area contributed by atoms with E-state index in [0.717, 1.165) is 16.7 Å². The molecule has 0 fully saturated rings. The second-order valence-corrected chi connectivity index (χ2v) is 7.30. The predicted octanol–water partition coefficient (Wildman–Crippen LogP) is 3.13. The first-order valence-electron chi connectivity index (χ1n) is 9.86. The Bertz CT molecular complexity index is 920. The fourth-order valence-corrected chi connectivity index (χ4v) is 2.88. The number of nitrogens with one attached hydrogen (secondary N) is 1. The maximum Gasteiger partial charge on any atom is 0.306 e. The third-order valence-corrected chi connectivity index (χ3v) is 4.86. The van der Waals surface area contributed by atoms with Gasteiger partial charge in [-0.05, 0) is 49.9 Å². The van der Waals surface area contributed by atoms with Gasteiger partial charge in [-0.15, -0.1) is 0 Å². The molecule has 0 unspecified atom stereocenters. The van der Waals surface area contributed by atoms with E-state index in [1.54, 1.807) is 12.1 Å². The van der Waals surface area contributed by atoms with Crippen molar-refractivity contribution in [2.45, 2.75) is 46.1 Å². The molecule has 6 nitrogen and oxygen atoms in total. The van der Waals surface area contributed by atoms with Crippen LogP contribution in [0.4, 0.5) is 0 Å². The summed E-state index contributed by atoms with van der Waals surface area (Å²) in [6.45, 7) is 4.79. The number of hydrogen-bond donors (Lipinski definition) is 1. The average molecular weight is 409 g/mol. The van der Waals surface area contributed by atoms with Gasteiger partial charge in [-0.3, -0.25) is 19.2 Å². The van der Waals surface area contributed by atoms with Crippen molar-refractivity contribution in [1.82, 2.24) is 5.32 Å². The topological polar surface area (TPSA) is 89.5 Å². The van der Waals surface area contributed by atoms with Crippen molar-refractivity contribution in [2.75, 3.05) is 6.61 Å². The lowest BCUT2D eigenvalue weighted by Gasteiger charge is -2.16. The Kier molecular flexibility index (Phi) is 8.47. The molecule has 0 aliphatic rings. The Morgan fingerprint density at radius 2 is 1.63 bits per heavy atom. The van der Waals surface area contributed by atoms with Gasteiger partial charge in [0, 0.05) is 12.0 Å². The summed E-state index contributed by atoms with van der Waals surface area (Å²) in [6, 6.07) is 14.0. The van der Waals surface area contributed by atoms with Crippen molar-refractivity contribution in [3.8, 4) is 0 Å². The highest BCUT2D eigenvalue weighted by atomic mass is 16.5. The number of aryl methyl sites for hydroxylation is 2. The number of ketones is 2. The molecule has 0 spiro atoms. The summed E-state index contributed by atoms with van der Waals surface area (Å²) < 4.78 is 4.95. The molecule has 1 N–H and O–H groups in total. The van der Waals surface area contributed by atoms with Crippen molar-refractivity contribution >= 4 is 23.4 Å². The molecule has 2 rings (SSSR count). The molecular weight excluding hydrogens is 382 g/mol. The summed E-state index contributed by atoms with van der Waals surface area (Å²) in [5, 5.41) is 2.59. The first-order valence-corrected chi connectivity index (χ1v) is 9.86. The first-order chi connectivity index (χ1) is 14.3. The lowest BCUT2D eigenvalue weighted by atomic mass is 10.0. The molecule has 2 aromatic carbocycles. The van der Waals surface area contributed by atoms with Gasteiger partial charge < -0.3 is 10.1 Å². The second-order valence-electron chi connectivity index (χ2n) is 7.30. The Labute approximate surface area is 176 Å². The largest absolute Gasteiger partial charge is 0.456 e. The van der Waals surface area contributed by atoms with E-state index >= 15 is 0 Å². The third-order valence-electron chi connectivity index (χ3n) is 4.86. The molecule has 2 aromatic rings. The van der Waals surface area contributed by atoms with Gasteiger partial charge in [0.05, 0.1) is 12.5 Å². The molecule has 0 heterocycles. The van der Waals surface area contributed by atoms with Gasteiger partial charge in [0.25, 0.3) is 5.91 Å². The summed E-state index contributed by atoms with van der Waals surface area (Å²) in [4.78, 5) is 48.0. The molecule has 0 radical (unpaired) electrons. The zero-order valence-corrected chi connectivity index (χ0v) is 17.6. The van der Waals surface area contributed by atoms with Crippen LogP contribution in [0.5, 0.6) is 0 Å². The van der Waals surface area contributed by atoms with Crippen LogP contribution >= 0.6 is 0 Å². The van der Waals surface area contributed by atoms with Gasteiger partial charge in [-0.1, -0.05) is 42.5 Å². The molecule has 30 heavy (non-hydrogen) atoms. The van der Waals surface area contributed by atoms with Crippen LogP contribution in [0.15, 0.2) is 48.5 Å². The lowest BCUT2D eigenvalue weighted by molar-refractivity contribution is -0.148. The van der Waals surface area contributed by atoms with Crippen molar-refractivity contribution in [3.05, 3.63) is 70.8 Å².